The Morgan fingerprint density at radius 1 is 0.311 bits per heavy atom. The highest BCUT2D eigenvalue weighted by Crippen LogP contribution is 2.49. The van der Waals surface area contributed by atoms with Gasteiger partial charge in [-0.05, 0) is 150 Å². The van der Waals surface area contributed by atoms with Crippen molar-refractivity contribution in [1.29, 1.82) is 0 Å². The third kappa shape index (κ3) is 15.3. The molecule has 0 aliphatic carbocycles. The van der Waals surface area contributed by atoms with E-state index in [1.165, 1.54) is 44.5 Å². The molecular formula is C68H92O4P2. The predicted octanol–water partition coefficient (Wildman–Crippen LogP) is 19.7. The first-order chi connectivity index (χ1) is 34.1. The Hall–Kier alpha value is -4.62. The van der Waals surface area contributed by atoms with Crippen molar-refractivity contribution in [2.45, 2.75) is 198 Å². The van der Waals surface area contributed by atoms with Crippen molar-refractivity contribution in [3.8, 4) is 34.1 Å². The molecule has 0 atom stereocenters. The average Bonchev–Trinajstić information content (AvgIpc) is 3.27. The van der Waals surface area contributed by atoms with Gasteiger partial charge in [-0.2, -0.15) is 0 Å². The number of hydrogen-bond acceptors (Lipinski definition) is 4. The van der Waals surface area contributed by atoms with E-state index in [0.29, 0.717) is 11.8 Å². The van der Waals surface area contributed by atoms with Crippen LogP contribution in [0.25, 0.3) is 11.1 Å². The van der Waals surface area contributed by atoms with Gasteiger partial charge in [-0.15, -0.1) is 0 Å². The van der Waals surface area contributed by atoms with Gasteiger partial charge < -0.3 is 18.1 Å². The van der Waals surface area contributed by atoms with Crippen LogP contribution in [0.1, 0.15) is 197 Å². The zero-order chi connectivity index (χ0) is 54.9. The maximum atomic E-state index is 7.20. The minimum absolute atomic E-state index is 0.00308. The summed E-state index contributed by atoms with van der Waals surface area (Å²) >= 11 is 0. The Kier molecular flexibility index (Phi) is 17.9. The topological polar surface area (TPSA) is 36.9 Å². The molecule has 0 unspecified atom stereocenters. The summed E-state index contributed by atoms with van der Waals surface area (Å²) in [5.74, 6) is 4.39. The highest BCUT2D eigenvalue weighted by molar-refractivity contribution is 7.57. The lowest BCUT2D eigenvalue weighted by molar-refractivity contribution is 0.466. The summed E-state index contributed by atoms with van der Waals surface area (Å²) < 4.78 is 28.7. The molecule has 0 saturated carbocycles. The van der Waals surface area contributed by atoms with Crippen LogP contribution < -0.4 is 28.7 Å². The van der Waals surface area contributed by atoms with Crippen molar-refractivity contribution in [2.75, 3.05) is 0 Å². The maximum Gasteiger partial charge on any atom is 0.326 e. The van der Waals surface area contributed by atoms with E-state index in [1.54, 1.807) is 0 Å². The summed E-state index contributed by atoms with van der Waals surface area (Å²) in [6.07, 6.45) is 1.83. The minimum atomic E-state index is -1.62. The molecule has 398 valence electrons. The van der Waals surface area contributed by atoms with Crippen LogP contribution >= 0.6 is 16.8 Å². The first kappa shape index (κ1) is 58.6. The minimum Gasteiger partial charge on any atom is -0.435 e. The van der Waals surface area contributed by atoms with Crippen LogP contribution in [0, 0.1) is 11.8 Å². The highest BCUT2D eigenvalue weighted by atomic mass is 31.2. The maximum absolute atomic E-state index is 7.20. The molecule has 0 aliphatic heterocycles. The van der Waals surface area contributed by atoms with E-state index in [0.717, 1.165) is 57.6 Å². The SMILES string of the molecule is CC(C)Cc1cc(C(C)(C)C)ccc1OP(Oc1ccc(C(C)(C)C)cc1CC(C)C)c1ccc(-c2ccc(P(Oc3ccc(C(C)(C)C)cc3C(C)(C)C)Oc3ccc(C(C)(C)C)cc3C(C)(C)C)cc2)cc1. The van der Waals surface area contributed by atoms with Gasteiger partial charge in [0.05, 0.1) is 10.6 Å². The second-order valence-corrected chi connectivity index (χ2v) is 30.5. The van der Waals surface area contributed by atoms with Crippen LogP contribution in [-0.4, -0.2) is 0 Å². The van der Waals surface area contributed by atoms with Gasteiger partial charge in [-0.3, -0.25) is 0 Å². The van der Waals surface area contributed by atoms with Crippen molar-refractivity contribution < 1.29 is 18.1 Å². The fourth-order valence-corrected chi connectivity index (χ4v) is 11.6. The van der Waals surface area contributed by atoms with Crippen molar-refractivity contribution in [3.63, 3.8) is 0 Å². The van der Waals surface area contributed by atoms with E-state index >= 15 is 0 Å². The van der Waals surface area contributed by atoms with Crippen LogP contribution in [0.4, 0.5) is 0 Å². The van der Waals surface area contributed by atoms with Gasteiger partial charge in [-0.25, -0.2) is 0 Å². The molecule has 0 fully saturated rings. The van der Waals surface area contributed by atoms with Gasteiger partial charge in [0.25, 0.3) is 0 Å². The lowest BCUT2D eigenvalue weighted by atomic mass is 9.80. The van der Waals surface area contributed by atoms with Crippen molar-refractivity contribution in [3.05, 3.63) is 166 Å². The molecular weight excluding hydrogens is 943 g/mol. The molecule has 0 saturated heterocycles. The van der Waals surface area contributed by atoms with E-state index < -0.39 is 16.8 Å². The molecule has 0 aromatic heterocycles. The monoisotopic (exact) mass is 1030 g/mol. The highest BCUT2D eigenvalue weighted by Gasteiger charge is 2.31. The summed E-state index contributed by atoms with van der Waals surface area (Å²) in [6.45, 7) is 49.9. The summed E-state index contributed by atoms with van der Waals surface area (Å²) in [5, 5.41) is 2.00. The van der Waals surface area contributed by atoms with E-state index in [9.17, 15) is 0 Å². The van der Waals surface area contributed by atoms with E-state index in [-0.39, 0.29) is 32.5 Å². The zero-order valence-corrected chi connectivity index (χ0v) is 51.4. The molecule has 0 radical (unpaired) electrons. The Balaban J connectivity index is 1.41. The predicted molar refractivity (Wildman–Crippen MR) is 323 cm³/mol. The summed E-state index contributed by atoms with van der Waals surface area (Å²) in [5.41, 5.74) is 11.9. The van der Waals surface area contributed by atoms with Crippen LogP contribution in [0.5, 0.6) is 23.0 Å². The Labute approximate surface area is 452 Å². The fraction of sp³-hybridized carbons (Fsp3) is 0.471. The summed E-state index contributed by atoms with van der Waals surface area (Å²) in [6, 6.07) is 44.4. The Morgan fingerprint density at radius 2 is 0.568 bits per heavy atom. The fourth-order valence-electron chi connectivity index (χ4n) is 8.95. The van der Waals surface area contributed by atoms with Crippen molar-refractivity contribution >= 4 is 27.4 Å². The van der Waals surface area contributed by atoms with Crippen molar-refractivity contribution in [2.24, 2.45) is 11.8 Å². The van der Waals surface area contributed by atoms with Crippen LogP contribution in [0.2, 0.25) is 0 Å². The lowest BCUT2D eigenvalue weighted by Crippen LogP contribution is -2.20. The molecule has 4 nitrogen and oxygen atoms in total. The smallest absolute Gasteiger partial charge is 0.326 e. The second-order valence-electron chi connectivity index (χ2n) is 27.7. The Bertz CT molecular complexity index is 2680. The molecule has 0 N–H and O–H groups in total. The van der Waals surface area contributed by atoms with Gasteiger partial charge in [-0.1, -0.05) is 225 Å². The quantitative estimate of drug-likeness (QED) is 0.0961. The zero-order valence-electron chi connectivity index (χ0n) is 49.6. The number of benzene rings is 6. The summed E-state index contributed by atoms with van der Waals surface area (Å²) in [4.78, 5) is 0. The molecule has 6 aromatic rings. The van der Waals surface area contributed by atoms with Crippen LogP contribution in [0.15, 0.2) is 121 Å². The molecule has 0 spiro atoms. The molecule has 0 bridgehead atoms. The van der Waals surface area contributed by atoms with Crippen LogP contribution in [-0.2, 0) is 45.3 Å². The van der Waals surface area contributed by atoms with Gasteiger partial charge >= 0.3 is 16.8 Å². The average molecular weight is 1040 g/mol. The van der Waals surface area contributed by atoms with Gasteiger partial charge in [0.2, 0.25) is 0 Å². The third-order valence-electron chi connectivity index (χ3n) is 13.6. The molecule has 6 aromatic carbocycles. The standard InChI is InChI=1S/C68H92O4P2/c1-45(2)39-49-41-51(63(5,6)7)27-35-59(49)69-73(70-60-36-28-52(64(8,9)10)42-50(60)40-46(3)4)55-31-23-47(24-32-55)48-25-33-56(34-26-48)74(71-61-37-29-53(65(11,12)13)43-57(61)67(17,18)19)72-62-38-30-54(66(14,15)16)44-58(62)68(20,21)22/h23-38,41-46H,39-40H2,1-22H3. The molecule has 0 amide bonds. The molecule has 0 heterocycles. The normalized spacial score (nSPS) is 13.1. The largest absolute Gasteiger partial charge is 0.435 e. The second kappa shape index (κ2) is 22.5. The van der Waals surface area contributed by atoms with Gasteiger partial charge in [0.1, 0.15) is 23.0 Å². The third-order valence-corrected chi connectivity index (χ3v) is 16.5. The van der Waals surface area contributed by atoms with E-state index in [1.807, 2.05) is 0 Å². The molecule has 0 aliphatic rings. The van der Waals surface area contributed by atoms with Gasteiger partial charge in [0.15, 0.2) is 0 Å². The molecule has 6 heteroatoms. The number of hydrogen-bond donors (Lipinski definition) is 0. The van der Waals surface area contributed by atoms with E-state index in [4.69, 9.17) is 18.1 Å². The van der Waals surface area contributed by atoms with Gasteiger partial charge in [0, 0.05) is 11.1 Å². The summed E-state index contributed by atoms with van der Waals surface area (Å²) in [7, 11) is -3.20. The lowest BCUT2D eigenvalue weighted by Gasteiger charge is -2.30. The van der Waals surface area contributed by atoms with Crippen molar-refractivity contribution in [1.82, 2.24) is 0 Å². The molecule has 74 heavy (non-hydrogen) atoms. The van der Waals surface area contributed by atoms with Crippen LogP contribution in [0.3, 0.4) is 0 Å². The van der Waals surface area contributed by atoms with E-state index in [2.05, 4.69) is 274 Å². The first-order valence-electron chi connectivity index (χ1n) is 27.2. The number of rotatable bonds is 15. The first-order valence-corrected chi connectivity index (χ1v) is 29.5. The Morgan fingerprint density at radius 3 is 0.824 bits per heavy atom. The molecule has 6 rings (SSSR count).